The monoisotopic (exact) mass is 234 g/mol. The first-order valence-corrected chi connectivity index (χ1v) is 5.83. The lowest BCUT2D eigenvalue weighted by molar-refractivity contribution is 0.0898. The molecule has 2 N–H and O–H groups in total. The number of hydrogen-bond acceptors (Lipinski definition) is 5. The lowest BCUT2D eigenvalue weighted by Gasteiger charge is -2.23. The van der Waals surface area contributed by atoms with Crippen molar-refractivity contribution in [3.8, 4) is 0 Å². The van der Waals surface area contributed by atoms with Gasteiger partial charge in [0.1, 0.15) is 0 Å². The molecular formula is C11H26N2O3. The molecule has 0 aromatic heterocycles. The molecule has 0 aliphatic rings. The van der Waals surface area contributed by atoms with Gasteiger partial charge in [0.25, 0.3) is 0 Å². The third-order valence-electron chi connectivity index (χ3n) is 2.39. The lowest BCUT2D eigenvalue weighted by atomic mass is 10.3. The molecule has 0 saturated carbocycles. The summed E-state index contributed by atoms with van der Waals surface area (Å²) >= 11 is 0. The number of aliphatic hydroxyl groups excluding tert-OH is 1. The highest BCUT2D eigenvalue weighted by Crippen LogP contribution is 1.92. The van der Waals surface area contributed by atoms with Gasteiger partial charge in [0.2, 0.25) is 0 Å². The Labute approximate surface area is 98.7 Å². The van der Waals surface area contributed by atoms with Crippen LogP contribution in [0, 0.1) is 0 Å². The van der Waals surface area contributed by atoms with Crippen LogP contribution in [0.1, 0.15) is 6.92 Å². The molecule has 0 aliphatic carbocycles. The molecule has 5 heteroatoms. The Bertz CT molecular complexity index is 147. The standard InChI is InChI=1S/C11H26N2O3/c1-4-13(6-8-16-3)10-11(14)9-12-5-7-15-2/h11-12,14H,4-10H2,1-3H3. The Hall–Kier alpha value is -0.200. The number of ether oxygens (including phenoxy) is 2. The molecule has 0 aromatic carbocycles. The number of aliphatic hydroxyl groups is 1. The maximum absolute atomic E-state index is 9.76. The predicted octanol–water partition coefficient (Wildman–Crippen LogP) is -0.448. The van der Waals surface area contributed by atoms with Crippen molar-refractivity contribution in [1.82, 2.24) is 10.2 Å². The fourth-order valence-electron chi connectivity index (χ4n) is 1.40. The molecule has 0 saturated heterocycles. The summed E-state index contributed by atoms with van der Waals surface area (Å²) < 4.78 is 9.92. The van der Waals surface area contributed by atoms with Gasteiger partial charge in [-0.15, -0.1) is 0 Å². The number of nitrogens with one attached hydrogen (secondary N) is 1. The van der Waals surface area contributed by atoms with Crippen molar-refractivity contribution in [2.75, 3.05) is 60.2 Å². The van der Waals surface area contributed by atoms with E-state index in [1.165, 1.54) is 0 Å². The number of nitrogens with zero attached hydrogens (tertiary/aromatic N) is 1. The smallest absolute Gasteiger partial charge is 0.0791 e. The van der Waals surface area contributed by atoms with Crippen molar-refractivity contribution in [2.45, 2.75) is 13.0 Å². The van der Waals surface area contributed by atoms with Crippen LogP contribution in [0.3, 0.4) is 0 Å². The Morgan fingerprint density at radius 1 is 1.25 bits per heavy atom. The van der Waals surface area contributed by atoms with Crippen LogP contribution in [0.2, 0.25) is 0 Å². The minimum Gasteiger partial charge on any atom is -0.390 e. The summed E-state index contributed by atoms with van der Waals surface area (Å²) in [4.78, 5) is 2.17. The quantitative estimate of drug-likeness (QED) is 0.474. The molecule has 0 spiro atoms. The summed E-state index contributed by atoms with van der Waals surface area (Å²) in [7, 11) is 3.36. The first-order chi connectivity index (χ1) is 7.74. The van der Waals surface area contributed by atoms with Crippen LogP contribution < -0.4 is 5.32 Å². The number of rotatable bonds is 11. The molecule has 0 aromatic rings. The van der Waals surface area contributed by atoms with Crippen LogP contribution in [-0.2, 0) is 9.47 Å². The maximum atomic E-state index is 9.76. The predicted molar refractivity (Wildman–Crippen MR) is 64.7 cm³/mol. The molecule has 98 valence electrons. The molecule has 1 unspecified atom stereocenters. The van der Waals surface area contributed by atoms with Gasteiger partial charge in [-0.25, -0.2) is 0 Å². The Balaban J connectivity index is 3.53. The average molecular weight is 234 g/mol. The van der Waals surface area contributed by atoms with Gasteiger partial charge in [-0.3, -0.25) is 4.90 Å². The van der Waals surface area contributed by atoms with Crippen molar-refractivity contribution in [1.29, 1.82) is 0 Å². The minimum absolute atomic E-state index is 0.339. The molecule has 0 radical (unpaired) electrons. The fraction of sp³-hybridized carbons (Fsp3) is 1.00. The van der Waals surface area contributed by atoms with Gasteiger partial charge in [-0.1, -0.05) is 6.92 Å². The second kappa shape index (κ2) is 11.3. The molecule has 1 atom stereocenters. The highest BCUT2D eigenvalue weighted by atomic mass is 16.5. The summed E-state index contributed by atoms with van der Waals surface area (Å²) in [6.07, 6.45) is -0.339. The van der Waals surface area contributed by atoms with E-state index in [9.17, 15) is 5.11 Å². The zero-order chi connectivity index (χ0) is 12.2. The molecule has 0 heterocycles. The van der Waals surface area contributed by atoms with Crippen molar-refractivity contribution in [3.63, 3.8) is 0 Å². The van der Waals surface area contributed by atoms with E-state index in [2.05, 4.69) is 17.1 Å². The number of hydrogen-bond donors (Lipinski definition) is 2. The topological polar surface area (TPSA) is 54.0 Å². The Kier molecular flexibility index (Phi) is 11.1. The van der Waals surface area contributed by atoms with Gasteiger partial charge >= 0.3 is 0 Å². The van der Waals surface area contributed by atoms with Crippen LogP contribution in [0.25, 0.3) is 0 Å². The molecule has 0 amide bonds. The third kappa shape index (κ3) is 9.06. The van der Waals surface area contributed by atoms with Crippen LogP contribution >= 0.6 is 0 Å². The Morgan fingerprint density at radius 3 is 2.50 bits per heavy atom. The zero-order valence-electron chi connectivity index (χ0n) is 10.7. The second-order valence-corrected chi connectivity index (χ2v) is 3.74. The molecule has 0 bridgehead atoms. The molecule has 0 rings (SSSR count). The van der Waals surface area contributed by atoms with E-state index >= 15 is 0 Å². The highest BCUT2D eigenvalue weighted by Gasteiger charge is 2.09. The average Bonchev–Trinajstić information content (AvgIpc) is 2.30. The van der Waals surface area contributed by atoms with Gasteiger partial charge in [0, 0.05) is 40.4 Å². The van der Waals surface area contributed by atoms with Crippen LogP contribution in [0.4, 0.5) is 0 Å². The van der Waals surface area contributed by atoms with Crippen LogP contribution in [0.5, 0.6) is 0 Å². The summed E-state index contributed by atoms with van der Waals surface area (Å²) in [5, 5.41) is 12.9. The number of methoxy groups -OCH3 is 2. The van der Waals surface area contributed by atoms with E-state index in [-0.39, 0.29) is 6.10 Å². The van der Waals surface area contributed by atoms with Gasteiger partial charge in [-0.2, -0.15) is 0 Å². The molecule has 0 fully saturated rings. The number of likely N-dealkylation sites (N-methyl/N-ethyl adjacent to an activating group) is 1. The van der Waals surface area contributed by atoms with Gasteiger partial charge < -0.3 is 19.9 Å². The van der Waals surface area contributed by atoms with E-state index in [0.717, 1.165) is 19.6 Å². The summed E-state index contributed by atoms with van der Waals surface area (Å²) in [5.74, 6) is 0. The SMILES string of the molecule is CCN(CCOC)CC(O)CNCCOC. The van der Waals surface area contributed by atoms with Gasteiger partial charge in [0.15, 0.2) is 0 Å². The lowest BCUT2D eigenvalue weighted by Crippen LogP contribution is -2.40. The molecule has 16 heavy (non-hydrogen) atoms. The van der Waals surface area contributed by atoms with E-state index in [4.69, 9.17) is 9.47 Å². The van der Waals surface area contributed by atoms with Crippen LogP contribution in [-0.4, -0.2) is 76.3 Å². The maximum Gasteiger partial charge on any atom is 0.0791 e. The zero-order valence-corrected chi connectivity index (χ0v) is 10.7. The second-order valence-electron chi connectivity index (χ2n) is 3.74. The third-order valence-corrected chi connectivity index (χ3v) is 2.39. The van der Waals surface area contributed by atoms with E-state index in [1.54, 1.807) is 14.2 Å². The Morgan fingerprint density at radius 2 is 1.94 bits per heavy atom. The minimum atomic E-state index is -0.339. The largest absolute Gasteiger partial charge is 0.390 e. The molecule has 5 nitrogen and oxygen atoms in total. The van der Waals surface area contributed by atoms with E-state index in [1.807, 2.05) is 0 Å². The van der Waals surface area contributed by atoms with Crippen molar-refractivity contribution < 1.29 is 14.6 Å². The fourth-order valence-corrected chi connectivity index (χ4v) is 1.40. The first kappa shape index (κ1) is 15.8. The summed E-state index contributed by atoms with van der Waals surface area (Å²) in [6, 6.07) is 0. The van der Waals surface area contributed by atoms with Gasteiger partial charge in [0.05, 0.1) is 19.3 Å². The molecule has 0 aliphatic heterocycles. The normalized spacial score (nSPS) is 13.3. The van der Waals surface area contributed by atoms with Crippen molar-refractivity contribution >= 4 is 0 Å². The van der Waals surface area contributed by atoms with Crippen LogP contribution in [0.15, 0.2) is 0 Å². The highest BCUT2D eigenvalue weighted by molar-refractivity contribution is 4.65. The van der Waals surface area contributed by atoms with E-state index < -0.39 is 0 Å². The summed E-state index contributed by atoms with van der Waals surface area (Å²) in [5.41, 5.74) is 0. The van der Waals surface area contributed by atoms with Gasteiger partial charge in [-0.05, 0) is 6.54 Å². The van der Waals surface area contributed by atoms with Crippen molar-refractivity contribution in [2.24, 2.45) is 0 Å². The first-order valence-electron chi connectivity index (χ1n) is 5.83. The van der Waals surface area contributed by atoms with E-state index in [0.29, 0.717) is 26.3 Å². The summed E-state index contributed by atoms with van der Waals surface area (Å²) in [6.45, 7) is 7.32. The van der Waals surface area contributed by atoms with Crippen molar-refractivity contribution in [3.05, 3.63) is 0 Å². The molecular weight excluding hydrogens is 208 g/mol.